The van der Waals surface area contributed by atoms with Crippen LogP contribution in [0.15, 0.2) is 6.20 Å². The van der Waals surface area contributed by atoms with Crippen molar-refractivity contribution in [2.24, 2.45) is 7.05 Å². The number of rotatable bonds is 4. The SMILES string of the molecule is Cc1c(CNC(=O)C(C)N2CCNCC2)cnn1C. The van der Waals surface area contributed by atoms with E-state index in [1.165, 1.54) is 0 Å². The van der Waals surface area contributed by atoms with E-state index in [1.54, 1.807) is 0 Å². The van der Waals surface area contributed by atoms with Crippen molar-refractivity contribution in [1.29, 1.82) is 0 Å². The van der Waals surface area contributed by atoms with E-state index in [9.17, 15) is 4.79 Å². The Bertz CT molecular complexity index is 436. The van der Waals surface area contributed by atoms with Gasteiger partial charge in [-0.1, -0.05) is 0 Å². The normalized spacial score (nSPS) is 18.3. The van der Waals surface area contributed by atoms with Gasteiger partial charge in [0.05, 0.1) is 12.2 Å². The minimum atomic E-state index is -0.0703. The molecule has 1 aromatic rings. The monoisotopic (exact) mass is 265 g/mol. The number of nitrogens with zero attached hydrogens (tertiary/aromatic N) is 3. The van der Waals surface area contributed by atoms with E-state index in [-0.39, 0.29) is 11.9 Å². The summed E-state index contributed by atoms with van der Waals surface area (Å²) >= 11 is 0. The molecule has 19 heavy (non-hydrogen) atoms. The van der Waals surface area contributed by atoms with Crippen molar-refractivity contribution >= 4 is 5.91 Å². The number of aryl methyl sites for hydroxylation is 1. The third-order valence-electron chi connectivity index (χ3n) is 3.87. The molecule has 2 N–H and O–H groups in total. The summed E-state index contributed by atoms with van der Waals surface area (Å²) < 4.78 is 1.82. The van der Waals surface area contributed by atoms with Crippen LogP contribution in [0.5, 0.6) is 0 Å². The molecule has 1 aliphatic heterocycles. The molecule has 0 radical (unpaired) electrons. The van der Waals surface area contributed by atoms with Gasteiger partial charge in [-0.25, -0.2) is 0 Å². The van der Waals surface area contributed by atoms with Crippen molar-refractivity contribution < 1.29 is 4.79 Å². The van der Waals surface area contributed by atoms with Crippen molar-refractivity contribution in [3.05, 3.63) is 17.5 Å². The molecule has 0 aliphatic carbocycles. The van der Waals surface area contributed by atoms with Crippen LogP contribution in [0.1, 0.15) is 18.2 Å². The summed E-state index contributed by atoms with van der Waals surface area (Å²) in [5, 5.41) is 10.5. The van der Waals surface area contributed by atoms with Crippen molar-refractivity contribution in [2.45, 2.75) is 26.4 Å². The van der Waals surface area contributed by atoms with E-state index in [0.717, 1.165) is 37.4 Å². The molecule has 2 rings (SSSR count). The molecular formula is C13H23N5O. The standard InChI is InChI=1S/C13H23N5O/c1-10-12(9-16-17(10)3)8-15-13(19)11(2)18-6-4-14-5-7-18/h9,11,14H,4-8H2,1-3H3,(H,15,19). The van der Waals surface area contributed by atoms with E-state index in [1.807, 2.05) is 31.8 Å². The van der Waals surface area contributed by atoms with Crippen molar-refractivity contribution in [1.82, 2.24) is 25.3 Å². The molecule has 106 valence electrons. The van der Waals surface area contributed by atoms with Gasteiger partial charge in [-0.2, -0.15) is 5.10 Å². The minimum Gasteiger partial charge on any atom is -0.351 e. The zero-order chi connectivity index (χ0) is 13.8. The molecule has 6 nitrogen and oxygen atoms in total. The third-order valence-corrected chi connectivity index (χ3v) is 3.87. The topological polar surface area (TPSA) is 62.2 Å². The largest absolute Gasteiger partial charge is 0.351 e. The Morgan fingerprint density at radius 2 is 2.21 bits per heavy atom. The van der Waals surface area contributed by atoms with Crippen LogP contribution in [0.25, 0.3) is 0 Å². The summed E-state index contributed by atoms with van der Waals surface area (Å²) in [6.07, 6.45) is 1.81. The summed E-state index contributed by atoms with van der Waals surface area (Å²) in [6, 6.07) is -0.0703. The Morgan fingerprint density at radius 3 is 2.79 bits per heavy atom. The lowest BCUT2D eigenvalue weighted by atomic mass is 10.2. The van der Waals surface area contributed by atoms with E-state index in [0.29, 0.717) is 6.54 Å². The fraction of sp³-hybridized carbons (Fsp3) is 0.692. The Kier molecular flexibility index (Phi) is 4.55. The minimum absolute atomic E-state index is 0.0703. The van der Waals surface area contributed by atoms with Gasteiger partial charge in [0.25, 0.3) is 0 Å². The van der Waals surface area contributed by atoms with Gasteiger partial charge in [0.2, 0.25) is 5.91 Å². The van der Waals surface area contributed by atoms with Gasteiger partial charge in [-0.15, -0.1) is 0 Å². The fourth-order valence-electron chi connectivity index (χ4n) is 2.28. The number of aromatic nitrogens is 2. The zero-order valence-electron chi connectivity index (χ0n) is 11.9. The van der Waals surface area contributed by atoms with Gasteiger partial charge in [0.1, 0.15) is 0 Å². The summed E-state index contributed by atoms with van der Waals surface area (Å²) in [5.41, 5.74) is 2.17. The molecule has 1 unspecified atom stereocenters. The van der Waals surface area contributed by atoms with Crippen LogP contribution in [-0.4, -0.2) is 52.8 Å². The highest BCUT2D eigenvalue weighted by molar-refractivity contribution is 5.81. The number of hydrogen-bond donors (Lipinski definition) is 2. The number of hydrogen-bond acceptors (Lipinski definition) is 4. The predicted octanol–water partition coefficient (Wildman–Crippen LogP) is -0.362. The highest BCUT2D eigenvalue weighted by Gasteiger charge is 2.22. The summed E-state index contributed by atoms with van der Waals surface area (Å²) in [5.74, 6) is 0.0881. The van der Waals surface area contributed by atoms with Gasteiger partial charge in [-0.05, 0) is 13.8 Å². The van der Waals surface area contributed by atoms with E-state index in [2.05, 4.69) is 20.6 Å². The third kappa shape index (κ3) is 3.33. The molecule has 0 aromatic carbocycles. The molecule has 1 atom stereocenters. The van der Waals surface area contributed by atoms with Crippen LogP contribution < -0.4 is 10.6 Å². The molecule has 1 aliphatic rings. The number of carbonyl (C=O) groups excluding carboxylic acids is 1. The second-order valence-electron chi connectivity index (χ2n) is 5.06. The van der Waals surface area contributed by atoms with E-state index >= 15 is 0 Å². The van der Waals surface area contributed by atoms with Crippen molar-refractivity contribution in [3.63, 3.8) is 0 Å². The van der Waals surface area contributed by atoms with Crippen LogP contribution in [-0.2, 0) is 18.4 Å². The molecule has 1 aromatic heterocycles. The van der Waals surface area contributed by atoms with Gasteiger partial charge < -0.3 is 10.6 Å². The summed E-state index contributed by atoms with van der Waals surface area (Å²) in [7, 11) is 1.91. The lowest BCUT2D eigenvalue weighted by Gasteiger charge is -2.31. The average molecular weight is 265 g/mol. The lowest BCUT2D eigenvalue weighted by Crippen LogP contribution is -2.52. The first-order chi connectivity index (χ1) is 9.09. The van der Waals surface area contributed by atoms with Crippen LogP contribution in [0.2, 0.25) is 0 Å². The second kappa shape index (κ2) is 6.16. The highest BCUT2D eigenvalue weighted by atomic mass is 16.2. The number of carbonyl (C=O) groups is 1. The van der Waals surface area contributed by atoms with Gasteiger partial charge in [-0.3, -0.25) is 14.4 Å². The quantitative estimate of drug-likeness (QED) is 0.780. The molecule has 0 saturated carbocycles. The fourth-order valence-corrected chi connectivity index (χ4v) is 2.28. The van der Waals surface area contributed by atoms with Gasteiger partial charge in [0.15, 0.2) is 0 Å². The first-order valence-corrected chi connectivity index (χ1v) is 6.79. The molecule has 0 spiro atoms. The first kappa shape index (κ1) is 14.0. The van der Waals surface area contributed by atoms with Gasteiger partial charge >= 0.3 is 0 Å². The molecule has 1 fully saturated rings. The predicted molar refractivity (Wildman–Crippen MR) is 73.7 cm³/mol. The van der Waals surface area contributed by atoms with Crippen LogP contribution >= 0.6 is 0 Å². The molecule has 6 heteroatoms. The average Bonchev–Trinajstić information content (AvgIpc) is 2.76. The second-order valence-corrected chi connectivity index (χ2v) is 5.06. The number of nitrogens with one attached hydrogen (secondary N) is 2. The van der Waals surface area contributed by atoms with E-state index in [4.69, 9.17) is 0 Å². The van der Waals surface area contributed by atoms with Gasteiger partial charge in [0, 0.05) is 51.0 Å². The van der Waals surface area contributed by atoms with E-state index < -0.39 is 0 Å². The lowest BCUT2D eigenvalue weighted by molar-refractivity contribution is -0.126. The summed E-state index contributed by atoms with van der Waals surface area (Å²) in [4.78, 5) is 14.3. The maximum absolute atomic E-state index is 12.1. The summed E-state index contributed by atoms with van der Waals surface area (Å²) in [6.45, 7) is 8.31. The Balaban J connectivity index is 1.85. The molecule has 1 amide bonds. The zero-order valence-corrected chi connectivity index (χ0v) is 11.9. The molecule has 2 heterocycles. The molecule has 0 bridgehead atoms. The first-order valence-electron chi connectivity index (χ1n) is 6.79. The molecule has 1 saturated heterocycles. The smallest absolute Gasteiger partial charge is 0.237 e. The van der Waals surface area contributed by atoms with Crippen molar-refractivity contribution in [3.8, 4) is 0 Å². The van der Waals surface area contributed by atoms with Crippen LogP contribution in [0, 0.1) is 6.92 Å². The maximum atomic E-state index is 12.1. The Labute approximate surface area is 114 Å². The molecular weight excluding hydrogens is 242 g/mol. The number of piperazine rings is 1. The van der Waals surface area contributed by atoms with Crippen LogP contribution in [0.4, 0.5) is 0 Å². The maximum Gasteiger partial charge on any atom is 0.237 e. The van der Waals surface area contributed by atoms with Crippen LogP contribution in [0.3, 0.4) is 0 Å². The highest BCUT2D eigenvalue weighted by Crippen LogP contribution is 2.06. The number of amides is 1. The Morgan fingerprint density at radius 1 is 1.53 bits per heavy atom. The van der Waals surface area contributed by atoms with Crippen molar-refractivity contribution in [2.75, 3.05) is 26.2 Å². The Hall–Kier alpha value is -1.40.